The lowest BCUT2D eigenvalue weighted by Gasteiger charge is -2.14. The number of hydrogen-bond acceptors (Lipinski definition) is 4. The zero-order valence-electron chi connectivity index (χ0n) is 14.2. The fourth-order valence-electron chi connectivity index (χ4n) is 2.48. The van der Waals surface area contributed by atoms with Gasteiger partial charge in [0.05, 0.1) is 23.7 Å². The fraction of sp³-hybridized carbons (Fsp3) is 0.158. The lowest BCUT2D eigenvalue weighted by Crippen LogP contribution is -2.28. The zero-order valence-corrected chi connectivity index (χ0v) is 15.0. The zero-order chi connectivity index (χ0) is 18.5. The molecule has 0 saturated heterocycles. The van der Waals surface area contributed by atoms with Crippen molar-refractivity contribution in [2.75, 3.05) is 11.6 Å². The first kappa shape index (κ1) is 18.0. The number of nitrogen functional groups attached to an aromatic ring is 1. The summed E-state index contributed by atoms with van der Waals surface area (Å²) in [6, 6.07) is 15.6. The number of benzene rings is 2. The number of carbonyl (C=O) groups excluding carboxylic acids is 1. The molecule has 2 aromatic carbocycles. The predicted molar refractivity (Wildman–Crippen MR) is 101 cm³/mol. The van der Waals surface area contributed by atoms with Crippen LogP contribution in [0.1, 0.15) is 18.5 Å². The lowest BCUT2D eigenvalue weighted by molar-refractivity contribution is -0.119. The van der Waals surface area contributed by atoms with Gasteiger partial charge in [0.25, 0.3) is 0 Å². The molecule has 5 nitrogen and oxygen atoms in total. The van der Waals surface area contributed by atoms with Gasteiger partial charge in [-0.3, -0.25) is 4.79 Å². The summed E-state index contributed by atoms with van der Waals surface area (Å²) in [6.07, 6.45) is 1.73. The van der Waals surface area contributed by atoms with Crippen molar-refractivity contribution >= 4 is 17.7 Å². The van der Waals surface area contributed by atoms with E-state index in [0.717, 1.165) is 16.8 Å². The molecule has 0 bridgehead atoms. The number of nitrogens with one attached hydrogen (secondary N) is 1. The van der Waals surface area contributed by atoms with Crippen LogP contribution in [0.15, 0.2) is 66.0 Å². The third kappa shape index (κ3) is 4.43. The Morgan fingerprint density at radius 3 is 2.62 bits per heavy atom. The third-order valence-electron chi connectivity index (χ3n) is 3.85. The van der Waals surface area contributed by atoms with E-state index in [1.54, 1.807) is 18.3 Å². The average molecular weight is 370 g/mol. The Balaban J connectivity index is 1.58. The van der Waals surface area contributed by atoms with Crippen LogP contribution in [0, 0.1) is 5.82 Å². The van der Waals surface area contributed by atoms with E-state index >= 15 is 0 Å². The second-order valence-electron chi connectivity index (χ2n) is 5.81. The van der Waals surface area contributed by atoms with Gasteiger partial charge in [-0.15, -0.1) is 0 Å². The van der Waals surface area contributed by atoms with Crippen LogP contribution in [0.4, 0.5) is 4.39 Å². The Morgan fingerprint density at radius 1 is 1.23 bits per heavy atom. The quantitative estimate of drug-likeness (QED) is 0.515. The Bertz CT molecular complexity index is 880. The molecule has 0 fully saturated rings. The largest absolute Gasteiger partial charge is 0.349 e. The second-order valence-corrected chi connectivity index (χ2v) is 6.75. The van der Waals surface area contributed by atoms with Gasteiger partial charge >= 0.3 is 0 Å². The molecule has 7 heteroatoms. The first-order chi connectivity index (χ1) is 12.5. The first-order valence-corrected chi connectivity index (χ1v) is 9.09. The highest BCUT2D eigenvalue weighted by Gasteiger charge is 2.13. The van der Waals surface area contributed by atoms with Crippen LogP contribution >= 0.6 is 11.8 Å². The minimum atomic E-state index is -0.299. The number of amides is 1. The maximum Gasteiger partial charge on any atom is 0.230 e. The molecule has 0 spiro atoms. The molecule has 0 radical (unpaired) electrons. The number of hydrogen-bond donors (Lipinski definition) is 2. The van der Waals surface area contributed by atoms with E-state index in [0.29, 0.717) is 5.16 Å². The minimum Gasteiger partial charge on any atom is -0.349 e. The summed E-state index contributed by atoms with van der Waals surface area (Å²) in [5.74, 6) is 5.68. The number of nitrogens with zero attached hydrogens (tertiary/aromatic N) is 2. The summed E-state index contributed by atoms with van der Waals surface area (Å²) in [4.78, 5) is 16.6. The van der Waals surface area contributed by atoms with Crippen LogP contribution in [-0.2, 0) is 4.79 Å². The molecule has 0 aliphatic carbocycles. The molecule has 1 atom stereocenters. The van der Waals surface area contributed by atoms with Crippen LogP contribution in [0.25, 0.3) is 11.3 Å². The third-order valence-corrected chi connectivity index (χ3v) is 4.81. The smallest absolute Gasteiger partial charge is 0.230 e. The van der Waals surface area contributed by atoms with Crippen molar-refractivity contribution in [2.45, 2.75) is 18.1 Å². The van der Waals surface area contributed by atoms with Gasteiger partial charge in [0.15, 0.2) is 5.16 Å². The van der Waals surface area contributed by atoms with Gasteiger partial charge in [-0.05, 0) is 24.6 Å². The molecule has 0 unspecified atom stereocenters. The highest BCUT2D eigenvalue weighted by Crippen LogP contribution is 2.22. The maximum absolute atomic E-state index is 13.0. The molecule has 134 valence electrons. The molecule has 26 heavy (non-hydrogen) atoms. The fourth-order valence-corrected chi connectivity index (χ4v) is 3.19. The maximum atomic E-state index is 13.0. The Morgan fingerprint density at radius 2 is 1.92 bits per heavy atom. The first-order valence-electron chi connectivity index (χ1n) is 8.10. The van der Waals surface area contributed by atoms with E-state index in [-0.39, 0.29) is 23.5 Å². The standard InChI is InChI=1S/C19H19FN4OS/c1-13(14-7-9-16(20)10-8-14)22-18(25)12-26-19-23-17(11-24(19)21)15-5-3-2-4-6-15/h2-11,13H,12,21H2,1H3,(H,22,25)/t13-/m1/s1. The van der Waals surface area contributed by atoms with Crippen molar-refractivity contribution in [3.63, 3.8) is 0 Å². The Hall–Kier alpha value is -2.80. The molecule has 1 aromatic heterocycles. The molecule has 3 aromatic rings. The highest BCUT2D eigenvalue weighted by molar-refractivity contribution is 7.99. The Labute approximate surface area is 155 Å². The number of thioether (sulfide) groups is 1. The van der Waals surface area contributed by atoms with E-state index in [1.807, 2.05) is 37.3 Å². The van der Waals surface area contributed by atoms with Crippen molar-refractivity contribution in [1.29, 1.82) is 0 Å². The molecular weight excluding hydrogens is 351 g/mol. The van der Waals surface area contributed by atoms with E-state index in [4.69, 9.17) is 5.84 Å². The molecule has 0 saturated carbocycles. The van der Waals surface area contributed by atoms with Crippen molar-refractivity contribution in [3.05, 3.63) is 72.2 Å². The Kier molecular flexibility index (Phi) is 5.58. The number of imidazole rings is 1. The summed E-state index contributed by atoms with van der Waals surface area (Å²) >= 11 is 1.27. The van der Waals surface area contributed by atoms with Gasteiger partial charge in [0.2, 0.25) is 5.91 Å². The van der Waals surface area contributed by atoms with Crippen molar-refractivity contribution in [2.24, 2.45) is 0 Å². The predicted octanol–water partition coefficient (Wildman–Crippen LogP) is 3.37. The molecular formula is C19H19FN4OS. The number of aromatic nitrogens is 2. The van der Waals surface area contributed by atoms with Crippen LogP contribution in [0.5, 0.6) is 0 Å². The average Bonchev–Trinajstić information content (AvgIpc) is 3.02. The van der Waals surface area contributed by atoms with Crippen molar-refractivity contribution in [1.82, 2.24) is 15.0 Å². The van der Waals surface area contributed by atoms with Crippen molar-refractivity contribution < 1.29 is 9.18 Å². The van der Waals surface area contributed by atoms with E-state index in [2.05, 4.69) is 10.3 Å². The number of nitrogens with two attached hydrogens (primary N) is 1. The van der Waals surface area contributed by atoms with Crippen LogP contribution in [0.3, 0.4) is 0 Å². The summed E-state index contributed by atoms with van der Waals surface area (Å²) in [6.45, 7) is 1.85. The summed E-state index contributed by atoms with van der Waals surface area (Å²) in [7, 11) is 0. The van der Waals surface area contributed by atoms with Gasteiger partial charge in [-0.1, -0.05) is 54.2 Å². The lowest BCUT2D eigenvalue weighted by atomic mass is 10.1. The normalized spacial score (nSPS) is 11.9. The summed E-state index contributed by atoms with van der Waals surface area (Å²) < 4.78 is 14.4. The van der Waals surface area contributed by atoms with Gasteiger partial charge in [-0.2, -0.15) is 0 Å². The van der Waals surface area contributed by atoms with Crippen molar-refractivity contribution in [3.8, 4) is 11.3 Å². The minimum absolute atomic E-state index is 0.143. The second kappa shape index (κ2) is 8.05. The molecule has 1 amide bonds. The molecule has 0 aliphatic rings. The molecule has 0 aliphatic heterocycles. The van der Waals surface area contributed by atoms with Gasteiger partial charge < -0.3 is 11.2 Å². The summed E-state index contributed by atoms with van der Waals surface area (Å²) in [5, 5.41) is 3.45. The SMILES string of the molecule is C[C@@H](NC(=O)CSc1nc(-c2ccccc2)cn1N)c1ccc(F)cc1. The van der Waals surface area contributed by atoms with E-state index in [1.165, 1.54) is 28.6 Å². The van der Waals surface area contributed by atoms with Crippen LogP contribution in [-0.4, -0.2) is 21.3 Å². The number of carbonyl (C=O) groups is 1. The van der Waals surface area contributed by atoms with Crippen LogP contribution in [0.2, 0.25) is 0 Å². The number of halogens is 1. The van der Waals surface area contributed by atoms with Crippen LogP contribution < -0.4 is 11.2 Å². The van der Waals surface area contributed by atoms with Gasteiger partial charge in [-0.25, -0.2) is 14.1 Å². The topological polar surface area (TPSA) is 72.9 Å². The van der Waals surface area contributed by atoms with Gasteiger partial charge in [0, 0.05) is 5.56 Å². The molecule has 1 heterocycles. The van der Waals surface area contributed by atoms with Gasteiger partial charge in [0.1, 0.15) is 5.82 Å². The molecule has 3 N–H and O–H groups in total. The van der Waals surface area contributed by atoms with E-state index in [9.17, 15) is 9.18 Å². The molecule has 3 rings (SSSR count). The number of rotatable bonds is 6. The monoisotopic (exact) mass is 370 g/mol. The highest BCUT2D eigenvalue weighted by atomic mass is 32.2. The summed E-state index contributed by atoms with van der Waals surface area (Å²) in [5.41, 5.74) is 2.57. The van der Waals surface area contributed by atoms with E-state index < -0.39 is 0 Å².